The topological polar surface area (TPSA) is 69.6 Å². The summed E-state index contributed by atoms with van der Waals surface area (Å²) in [4.78, 5) is 23.7. The minimum atomic E-state index is -0.963. The summed E-state index contributed by atoms with van der Waals surface area (Å²) in [5, 5.41) is 11.9. The standard InChI is InChI=1S/C10H18N2O3/c1-7(10(14)15)12(2)9(13)5-8-3-4-11-6-8/h7-8,11H,3-6H2,1-2H3,(H,14,15). The van der Waals surface area contributed by atoms with Crippen LogP contribution in [0.15, 0.2) is 0 Å². The van der Waals surface area contributed by atoms with Crippen LogP contribution in [0, 0.1) is 5.92 Å². The van der Waals surface area contributed by atoms with E-state index in [0.29, 0.717) is 12.3 Å². The van der Waals surface area contributed by atoms with Gasteiger partial charge in [-0.05, 0) is 32.4 Å². The van der Waals surface area contributed by atoms with Crippen molar-refractivity contribution >= 4 is 11.9 Å². The molecule has 0 aromatic carbocycles. The largest absolute Gasteiger partial charge is 0.480 e. The van der Waals surface area contributed by atoms with E-state index in [1.807, 2.05) is 0 Å². The van der Waals surface area contributed by atoms with Crippen molar-refractivity contribution in [2.24, 2.45) is 5.92 Å². The molecule has 1 amide bonds. The van der Waals surface area contributed by atoms with Crippen LogP contribution in [0.4, 0.5) is 0 Å². The van der Waals surface area contributed by atoms with Crippen molar-refractivity contribution in [3.63, 3.8) is 0 Å². The second kappa shape index (κ2) is 5.11. The highest BCUT2D eigenvalue weighted by Gasteiger charge is 2.25. The number of hydrogen-bond acceptors (Lipinski definition) is 3. The average Bonchev–Trinajstić information content (AvgIpc) is 2.67. The quantitative estimate of drug-likeness (QED) is 0.686. The SMILES string of the molecule is CC(C(=O)O)N(C)C(=O)CC1CCNC1. The predicted octanol–water partition coefficient (Wildman–Crippen LogP) is -0.0825. The molecule has 0 bridgehead atoms. The molecule has 1 saturated heterocycles. The van der Waals surface area contributed by atoms with Crippen LogP contribution in [-0.2, 0) is 9.59 Å². The Hall–Kier alpha value is -1.10. The number of carboxylic acids is 1. The number of rotatable bonds is 4. The van der Waals surface area contributed by atoms with Crippen LogP contribution in [0.3, 0.4) is 0 Å². The first-order valence-electron chi connectivity index (χ1n) is 5.21. The lowest BCUT2D eigenvalue weighted by molar-refractivity contribution is -0.148. The van der Waals surface area contributed by atoms with Crippen molar-refractivity contribution < 1.29 is 14.7 Å². The van der Waals surface area contributed by atoms with Crippen LogP contribution >= 0.6 is 0 Å². The number of amides is 1. The fraction of sp³-hybridized carbons (Fsp3) is 0.800. The molecule has 0 aromatic heterocycles. The first-order chi connectivity index (χ1) is 7.02. The lowest BCUT2D eigenvalue weighted by Crippen LogP contribution is -2.41. The van der Waals surface area contributed by atoms with Gasteiger partial charge in [-0.15, -0.1) is 0 Å². The summed E-state index contributed by atoms with van der Waals surface area (Å²) in [7, 11) is 1.55. The average molecular weight is 214 g/mol. The monoisotopic (exact) mass is 214 g/mol. The third-order valence-corrected chi connectivity index (χ3v) is 2.96. The zero-order chi connectivity index (χ0) is 11.4. The maximum atomic E-state index is 11.7. The summed E-state index contributed by atoms with van der Waals surface area (Å²) >= 11 is 0. The Labute approximate surface area is 89.4 Å². The van der Waals surface area contributed by atoms with Gasteiger partial charge in [0, 0.05) is 13.5 Å². The summed E-state index contributed by atoms with van der Waals surface area (Å²) in [5.74, 6) is -0.685. The molecule has 2 atom stereocenters. The minimum Gasteiger partial charge on any atom is -0.480 e. The van der Waals surface area contributed by atoms with Gasteiger partial charge in [0.05, 0.1) is 0 Å². The molecule has 0 saturated carbocycles. The van der Waals surface area contributed by atoms with E-state index in [1.54, 1.807) is 7.05 Å². The second-order valence-corrected chi connectivity index (χ2v) is 4.08. The Morgan fingerprint density at radius 3 is 2.73 bits per heavy atom. The minimum absolute atomic E-state index is 0.0846. The Morgan fingerprint density at radius 1 is 1.60 bits per heavy atom. The number of nitrogens with zero attached hydrogens (tertiary/aromatic N) is 1. The normalized spacial score (nSPS) is 22.4. The third-order valence-electron chi connectivity index (χ3n) is 2.96. The lowest BCUT2D eigenvalue weighted by Gasteiger charge is -2.22. The van der Waals surface area contributed by atoms with E-state index in [1.165, 1.54) is 11.8 Å². The smallest absolute Gasteiger partial charge is 0.326 e. The van der Waals surface area contributed by atoms with Gasteiger partial charge < -0.3 is 15.3 Å². The van der Waals surface area contributed by atoms with Crippen LogP contribution < -0.4 is 5.32 Å². The molecule has 1 fully saturated rings. The molecule has 0 radical (unpaired) electrons. The number of carboxylic acid groups (broad SMARTS) is 1. The van der Waals surface area contributed by atoms with Crippen LogP contribution in [0.5, 0.6) is 0 Å². The summed E-state index contributed by atoms with van der Waals surface area (Å²) < 4.78 is 0. The highest BCUT2D eigenvalue weighted by Crippen LogP contribution is 2.14. The van der Waals surface area contributed by atoms with Gasteiger partial charge in [0.2, 0.25) is 5.91 Å². The molecule has 5 heteroatoms. The van der Waals surface area contributed by atoms with Crippen molar-refractivity contribution in [3.05, 3.63) is 0 Å². The summed E-state index contributed by atoms with van der Waals surface area (Å²) in [5.41, 5.74) is 0. The molecular weight excluding hydrogens is 196 g/mol. The molecule has 0 aromatic rings. The maximum absolute atomic E-state index is 11.7. The summed E-state index contributed by atoms with van der Waals surface area (Å²) in [6, 6.07) is -0.744. The Bertz CT molecular complexity index is 249. The highest BCUT2D eigenvalue weighted by atomic mass is 16.4. The van der Waals surface area contributed by atoms with Gasteiger partial charge in [-0.1, -0.05) is 0 Å². The zero-order valence-electron chi connectivity index (χ0n) is 9.19. The van der Waals surface area contributed by atoms with Crippen LogP contribution in [0.25, 0.3) is 0 Å². The molecule has 5 nitrogen and oxygen atoms in total. The van der Waals surface area contributed by atoms with Gasteiger partial charge in [0.25, 0.3) is 0 Å². The molecule has 1 rings (SSSR count). The molecule has 1 aliphatic heterocycles. The van der Waals surface area contributed by atoms with Gasteiger partial charge in [-0.3, -0.25) is 4.79 Å². The summed E-state index contributed by atoms with van der Waals surface area (Å²) in [6.45, 7) is 3.34. The highest BCUT2D eigenvalue weighted by molar-refractivity contribution is 5.83. The molecular formula is C10H18N2O3. The molecule has 1 aliphatic rings. The zero-order valence-corrected chi connectivity index (χ0v) is 9.19. The second-order valence-electron chi connectivity index (χ2n) is 4.08. The van der Waals surface area contributed by atoms with Crippen molar-refractivity contribution in [3.8, 4) is 0 Å². The van der Waals surface area contributed by atoms with Gasteiger partial charge >= 0.3 is 5.97 Å². The number of aliphatic carboxylic acids is 1. The van der Waals surface area contributed by atoms with E-state index in [2.05, 4.69) is 5.32 Å². The Kier molecular flexibility index (Phi) is 4.08. The van der Waals surface area contributed by atoms with Crippen molar-refractivity contribution in [2.45, 2.75) is 25.8 Å². The van der Waals surface area contributed by atoms with Gasteiger partial charge in [-0.2, -0.15) is 0 Å². The van der Waals surface area contributed by atoms with E-state index in [-0.39, 0.29) is 5.91 Å². The predicted molar refractivity (Wildman–Crippen MR) is 55.5 cm³/mol. The Balaban J connectivity index is 2.41. The van der Waals surface area contributed by atoms with Crippen molar-refractivity contribution in [2.75, 3.05) is 20.1 Å². The first kappa shape index (κ1) is 12.0. The van der Waals surface area contributed by atoms with Crippen LogP contribution in [0.2, 0.25) is 0 Å². The molecule has 0 aliphatic carbocycles. The van der Waals surface area contributed by atoms with Gasteiger partial charge in [-0.25, -0.2) is 4.79 Å². The first-order valence-corrected chi connectivity index (χ1v) is 5.21. The molecule has 2 unspecified atom stereocenters. The molecule has 1 heterocycles. The van der Waals surface area contributed by atoms with Gasteiger partial charge in [0.15, 0.2) is 0 Å². The molecule has 86 valence electrons. The van der Waals surface area contributed by atoms with Crippen LogP contribution in [-0.4, -0.2) is 48.1 Å². The van der Waals surface area contributed by atoms with Gasteiger partial charge in [0.1, 0.15) is 6.04 Å². The molecule has 2 N–H and O–H groups in total. The van der Waals surface area contributed by atoms with Crippen LogP contribution in [0.1, 0.15) is 19.8 Å². The lowest BCUT2D eigenvalue weighted by atomic mass is 10.0. The van der Waals surface area contributed by atoms with E-state index in [0.717, 1.165) is 19.5 Å². The molecule has 15 heavy (non-hydrogen) atoms. The summed E-state index contributed by atoms with van der Waals surface area (Å²) in [6.07, 6.45) is 1.45. The van der Waals surface area contributed by atoms with E-state index in [4.69, 9.17) is 5.11 Å². The van der Waals surface area contributed by atoms with Crippen molar-refractivity contribution in [1.82, 2.24) is 10.2 Å². The number of nitrogens with one attached hydrogen (secondary N) is 1. The van der Waals surface area contributed by atoms with E-state index in [9.17, 15) is 9.59 Å². The van der Waals surface area contributed by atoms with E-state index >= 15 is 0 Å². The van der Waals surface area contributed by atoms with E-state index < -0.39 is 12.0 Å². The molecule has 0 spiro atoms. The Morgan fingerprint density at radius 2 is 2.27 bits per heavy atom. The number of hydrogen-bond donors (Lipinski definition) is 2. The fourth-order valence-corrected chi connectivity index (χ4v) is 1.66. The third kappa shape index (κ3) is 3.20. The fourth-order valence-electron chi connectivity index (χ4n) is 1.66. The number of carbonyl (C=O) groups excluding carboxylic acids is 1. The number of likely N-dealkylation sites (N-methyl/N-ethyl adjacent to an activating group) is 1. The number of carbonyl (C=O) groups is 2. The van der Waals surface area contributed by atoms with Crippen molar-refractivity contribution in [1.29, 1.82) is 0 Å². The maximum Gasteiger partial charge on any atom is 0.326 e.